The number of benzene rings is 1. The van der Waals surface area contributed by atoms with Gasteiger partial charge in [-0.15, -0.1) is 0 Å². The SMILES string of the molecule is Cc1[nH]ncc1-c1ccc(Cl)cc1F. The highest BCUT2D eigenvalue weighted by atomic mass is 35.5. The zero-order valence-corrected chi connectivity index (χ0v) is 8.27. The summed E-state index contributed by atoms with van der Waals surface area (Å²) in [4.78, 5) is 0. The molecule has 0 saturated carbocycles. The maximum atomic E-state index is 13.5. The fraction of sp³-hybridized carbons (Fsp3) is 0.100. The third-order valence-electron chi connectivity index (χ3n) is 2.05. The molecule has 0 aliphatic rings. The second-order valence-electron chi connectivity index (χ2n) is 3.03. The van der Waals surface area contributed by atoms with Crippen LogP contribution in [-0.4, -0.2) is 10.2 Å². The van der Waals surface area contributed by atoms with Crippen molar-refractivity contribution in [3.63, 3.8) is 0 Å². The van der Waals surface area contributed by atoms with Gasteiger partial charge < -0.3 is 0 Å². The Morgan fingerprint density at radius 1 is 1.36 bits per heavy atom. The van der Waals surface area contributed by atoms with Crippen molar-refractivity contribution in [3.05, 3.63) is 40.9 Å². The Labute approximate surface area is 85.7 Å². The molecule has 0 aliphatic carbocycles. The number of hydrogen-bond acceptors (Lipinski definition) is 1. The lowest BCUT2D eigenvalue weighted by molar-refractivity contribution is 0.631. The van der Waals surface area contributed by atoms with Crippen molar-refractivity contribution in [2.24, 2.45) is 0 Å². The Morgan fingerprint density at radius 3 is 2.71 bits per heavy atom. The van der Waals surface area contributed by atoms with Gasteiger partial charge in [0.15, 0.2) is 0 Å². The van der Waals surface area contributed by atoms with Gasteiger partial charge in [-0.3, -0.25) is 5.10 Å². The Kier molecular flexibility index (Phi) is 2.25. The zero-order chi connectivity index (χ0) is 10.1. The molecule has 2 nitrogen and oxygen atoms in total. The monoisotopic (exact) mass is 210 g/mol. The van der Waals surface area contributed by atoms with Crippen molar-refractivity contribution in [3.8, 4) is 11.1 Å². The van der Waals surface area contributed by atoms with Crippen LogP contribution in [0, 0.1) is 12.7 Å². The van der Waals surface area contributed by atoms with Gasteiger partial charge in [-0.2, -0.15) is 5.10 Å². The predicted molar refractivity (Wildman–Crippen MR) is 53.7 cm³/mol. The van der Waals surface area contributed by atoms with Crippen molar-refractivity contribution in [1.82, 2.24) is 10.2 Å². The van der Waals surface area contributed by atoms with Gasteiger partial charge in [0.25, 0.3) is 0 Å². The van der Waals surface area contributed by atoms with Gasteiger partial charge in [-0.25, -0.2) is 4.39 Å². The summed E-state index contributed by atoms with van der Waals surface area (Å²) >= 11 is 5.65. The van der Waals surface area contributed by atoms with Crippen molar-refractivity contribution in [2.75, 3.05) is 0 Å². The van der Waals surface area contributed by atoms with E-state index in [4.69, 9.17) is 11.6 Å². The van der Waals surface area contributed by atoms with Gasteiger partial charge in [0.05, 0.1) is 6.20 Å². The topological polar surface area (TPSA) is 28.7 Å². The number of hydrogen-bond donors (Lipinski definition) is 1. The average molecular weight is 211 g/mol. The van der Waals surface area contributed by atoms with E-state index in [-0.39, 0.29) is 5.82 Å². The fourth-order valence-electron chi connectivity index (χ4n) is 1.33. The second-order valence-corrected chi connectivity index (χ2v) is 3.47. The maximum Gasteiger partial charge on any atom is 0.132 e. The molecular formula is C10H8ClFN2. The molecule has 0 amide bonds. The van der Waals surface area contributed by atoms with Crippen LogP contribution in [0.5, 0.6) is 0 Å². The van der Waals surface area contributed by atoms with Gasteiger partial charge in [-0.1, -0.05) is 11.6 Å². The van der Waals surface area contributed by atoms with Crippen LogP contribution in [0.15, 0.2) is 24.4 Å². The first-order chi connectivity index (χ1) is 6.68. The quantitative estimate of drug-likeness (QED) is 0.770. The summed E-state index contributed by atoms with van der Waals surface area (Å²) in [6.45, 7) is 1.84. The van der Waals surface area contributed by atoms with Crippen molar-refractivity contribution in [1.29, 1.82) is 0 Å². The van der Waals surface area contributed by atoms with E-state index in [0.717, 1.165) is 11.3 Å². The number of rotatable bonds is 1. The molecule has 0 atom stereocenters. The van der Waals surface area contributed by atoms with Crippen molar-refractivity contribution in [2.45, 2.75) is 6.92 Å². The van der Waals surface area contributed by atoms with Crippen molar-refractivity contribution < 1.29 is 4.39 Å². The van der Waals surface area contributed by atoms with Gasteiger partial charge in [-0.05, 0) is 25.1 Å². The number of nitrogens with zero attached hydrogens (tertiary/aromatic N) is 1. The Bertz CT molecular complexity index is 465. The lowest BCUT2D eigenvalue weighted by atomic mass is 10.1. The minimum atomic E-state index is -0.331. The zero-order valence-electron chi connectivity index (χ0n) is 7.51. The summed E-state index contributed by atoms with van der Waals surface area (Å²) in [7, 11) is 0. The summed E-state index contributed by atoms with van der Waals surface area (Å²) in [5, 5.41) is 6.99. The molecule has 0 bridgehead atoms. The molecule has 1 heterocycles. The lowest BCUT2D eigenvalue weighted by Crippen LogP contribution is -1.84. The highest BCUT2D eigenvalue weighted by Crippen LogP contribution is 2.26. The molecule has 72 valence electrons. The first kappa shape index (κ1) is 9.21. The van der Waals surface area contributed by atoms with Gasteiger partial charge in [0.1, 0.15) is 5.82 Å². The summed E-state index contributed by atoms with van der Waals surface area (Å²) in [6.07, 6.45) is 1.60. The van der Waals surface area contributed by atoms with E-state index in [1.54, 1.807) is 18.3 Å². The minimum Gasteiger partial charge on any atom is -0.282 e. The summed E-state index contributed by atoms with van der Waals surface area (Å²) in [6, 6.07) is 4.60. The van der Waals surface area contributed by atoms with E-state index < -0.39 is 0 Å². The molecule has 4 heteroatoms. The van der Waals surface area contributed by atoms with E-state index in [1.165, 1.54) is 6.07 Å². The molecule has 0 spiro atoms. The number of H-pyrrole nitrogens is 1. The number of halogens is 2. The summed E-state index contributed by atoms with van der Waals surface area (Å²) < 4.78 is 13.5. The highest BCUT2D eigenvalue weighted by molar-refractivity contribution is 6.30. The van der Waals surface area contributed by atoms with E-state index in [1.807, 2.05) is 6.92 Å². The number of aryl methyl sites for hydroxylation is 1. The first-order valence-electron chi connectivity index (χ1n) is 4.14. The van der Waals surface area contributed by atoms with Crippen LogP contribution in [0.25, 0.3) is 11.1 Å². The molecule has 1 N–H and O–H groups in total. The standard InChI is InChI=1S/C10H8ClFN2/c1-6-9(5-13-14-6)8-3-2-7(11)4-10(8)12/h2-5H,1H3,(H,13,14). The number of aromatic amines is 1. The van der Waals surface area contributed by atoms with E-state index >= 15 is 0 Å². The molecule has 2 aromatic rings. The van der Waals surface area contributed by atoms with E-state index in [9.17, 15) is 4.39 Å². The van der Waals surface area contributed by atoms with E-state index in [0.29, 0.717) is 10.6 Å². The number of aromatic nitrogens is 2. The maximum absolute atomic E-state index is 13.5. The molecule has 0 unspecified atom stereocenters. The Balaban J connectivity index is 2.58. The van der Waals surface area contributed by atoms with Gasteiger partial charge in [0, 0.05) is 21.8 Å². The van der Waals surface area contributed by atoms with Crippen LogP contribution in [0.4, 0.5) is 4.39 Å². The molecule has 0 saturated heterocycles. The Hall–Kier alpha value is -1.35. The second kappa shape index (κ2) is 3.42. The largest absolute Gasteiger partial charge is 0.282 e. The van der Waals surface area contributed by atoms with Crippen LogP contribution in [-0.2, 0) is 0 Å². The highest BCUT2D eigenvalue weighted by Gasteiger charge is 2.09. The lowest BCUT2D eigenvalue weighted by Gasteiger charge is -2.01. The van der Waals surface area contributed by atoms with Crippen molar-refractivity contribution >= 4 is 11.6 Å². The third-order valence-corrected chi connectivity index (χ3v) is 2.29. The molecule has 1 aromatic carbocycles. The van der Waals surface area contributed by atoms with Crippen LogP contribution in [0.2, 0.25) is 5.02 Å². The van der Waals surface area contributed by atoms with Gasteiger partial charge >= 0.3 is 0 Å². The molecule has 2 rings (SSSR count). The molecular weight excluding hydrogens is 203 g/mol. The smallest absolute Gasteiger partial charge is 0.132 e. The number of nitrogens with one attached hydrogen (secondary N) is 1. The predicted octanol–water partition coefficient (Wildman–Crippen LogP) is 3.18. The van der Waals surface area contributed by atoms with Crippen LogP contribution < -0.4 is 0 Å². The minimum absolute atomic E-state index is 0.331. The van der Waals surface area contributed by atoms with E-state index in [2.05, 4.69) is 10.2 Å². The first-order valence-corrected chi connectivity index (χ1v) is 4.51. The summed E-state index contributed by atoms with van der Waals surface area (Å²) in [5.74, 6) is -0.331. The molecule has 0 fully saturated rings. The fourth-order valence-corrected chi connectivity index (χ4v) is 1.49. The molecule has 1 aromatic heterocycles. The molecule has 14 heavy (non-hydrogen) atoms. The molecule has 0 radical (unpaired) electrons. The summed E-state index contributed by atoms with van der Waals surface area (Å²) in [5.41, 5.74) is 2.12. The Morgan fingerprint density at radius 2 is 2.14 bits per heavy atom. The van der Waals surface area contributed by atoms with Crippen LogP contribution in [0.3, 0.4) is 0 Å². The third kappa shape index (κ3) is 1.51. The van der Waals surface area contributed by atoms with Gasteiger partial charge in [0.2, 0.25) is 0 Å². The van der Waals surface area contributed by atoms with Crippen LogP contribution >= 0.6 is 11.6 Å². The normalized spacial score (nSPS) is 10.5. The van der Waals surface area contributed by atoms with Crippen LogP contribution in [0.1, 0.15) is 5.69 Å². The molecule has 0 aliphatic heterocycles. The average Bonchev–Trinajstić information content (AvgIpc) is 2.52.